The van der Waals surface area contributed by atoms with Gasteiger partial charge in [0.05, 0.1) is 38.6 Å². The van der Waals surface area contributed by atoms with Gasteiger partial charge in [0.1, 0.15) is 0 Å². The van der Waals surface area contributed by atoms with Crippen molar-refractivity contribution in [3.63, 3.8) is 0 Å². The minimum absolute atomic E-state index is 0.0299. The molecular formula is C24H32B2O8. The first-order chi connectivity index (χ1) is 16.6. The van der Waals surface area contributed by atoms with Crippen LogP contribution >= 0.6 is 0 Å². The summed E-state index contributed by atoms with van der Waals surface area (Å²) in [5.74, 6) is -0.784. The van der Waals surface area contributed by atoms with Gasteiger partial charge in [0.2, 0.25) is 0 Å². The summed E-state index contributed by atoms with van der Waals surface area (Å²) in [6.45, 7) is 8.61. The molecule has 34 heavy (non-hydrogen) atoms. The van der Waals surface area contributed by atoms with E-state index in [1.165, 1.54) is 12.2 Å². The molecule has 182 valence electrons. The Hall–Kier alpha value is -2.39. The standard InChI is InChI=1S/C24H32B2O8/c1-3-23(27)29-15-7-5-9-21-17-31-25(33-21)19-11-13-20(14-12-19)26-32-18-22(34-26)10-6-8-16-30-24(28)4-2/h3-4,11-14,21-22H,1-2,5-10,15-18H2. The first-order valence-electron chi connectivity index (χ1n) is 11.8. The van der Waals surface area contributed by atoms with Crippen molar-refractivity contribution in [1.82, 2.24) is 0 Å². The highest BCUT2D eigenvalue weighted by Crippen LogP contribution is 2.16. The molecule has 10 heteroatoms. The minimum Gasteiger partial charge on any atom is -0.463 e. The highest BCUT2D eigenvalue weighted by molar-refractivity contribution is 6.63. The summed E-state index contributed by atoms with van der Waals surface area (Å²) in [4.78, 5) is 22.1. The summed E-state index contributed by atoms with van der Waals surface area (Å²) >= 11 is 0. The number of carbonyl (C=O) groups excluding carboxylic acids is 2. The summed E-state index contributed by atoms with van der Waals surface area (Å²) < 4.78 is 33.6. The lowest BCUT2D eigenvalue weighted by molar-refractivity contribution is -0.138. The zero-order valence-electron chi connectivity index (χ0n) is 19.5. The molecular weight excluding hydrogens is 438 g/mol. The van der Waals surface area contributed by atoms with Crippen LogP contribution in [0, 0.1) is 0 Å². The quantitative estimate of drug-likeness (QED) is 0.176. The van der Waals surface area contributed by atoms with Gasteiger partial charge in [-0.3, -0.25) is 0 Å². The van der Waals surface area contributed by atoms with Crippen molar-refractivity contribution < 1.29 is 37.7 Å². The lowest BCUT2D eigenvalue weighted by Gasteiger charge is -2.11. The molecule has 1 aromatic carbocycles. The fourth-order valence-electron chi connectivity index (χ4n) is 3.77. The average molecular weight is 470 g/mol. The van der Waals surface area contributed by atoms with Gasteiger partial charge in [-0.15, -0.1) is 0 Å². The number of ether oxygens (including phenoxy) is 2. The minimum atomic E-state index is -0.392. The molecule has 2 saturated heterocycles. The number of unbranched alkanes of at least 4 members (excludes halogenated alkanes) is 2. The van der Waals surface area contributed by atoms with Gasteiger partial charge in [-0.1, -0.05) is 37.4 Å². The number of esters is 2. The molecule has 0 N–H and O–H groups in total. The molecule has 0 radical (unpaired) electrons. The second-order valence-electron chi connectivity index (χ2n) is 8.25. The Kier molecular flexibility index (Phi) is 10.9. The molecule has 3 rings (SSSR count). The Bertz CT molecular complexity index is 749. The summed E-state index contributed by atoms with van der Waals surface area (Å²) in [5, 5.41) is 0. The van der Waals surface area contributed by atoms with E-state index in [0.717, 1.165) is 49.5 Å². The second kappa shape index (κ2) is 14.1. The Morgan fingerprint density at radius 3 is 1.59 bits per heavy atom. The van der Waals surface area contributed by atoms with E-state index in [1.807, 2.05) is 24.3 Å². The summed E-state index contributed by atoms with van der Waals surface area (Å²) in [7, 11) is -0.767. The van der Waals surface area contributed by atoms with Crippen LogP contribution in [0.15, 0.2) is 49.6 Å². The van der Waals surface area contributed by atoms with Crippen LogP contribution in [0.2, 0.25) is 0 Å². The SMILES string of the molecule is C=CC(=O)OCCCCC1COB(c2ccc(B3OCC(CCCCOC(=O)C=C)O3)cc2)O1. The fraction of sp³-hybridized carbons (Fsp3) is 0.500. The van der Waals surface area contributed by atoms with E-state index < -0.39 is 11.9 Å². The predicted octanol–water partition coefficient (Wildman–Crippen LogP) is 1.71. The topological polar surface area (TPSA) is 89.5 Å². The molecule has 2 atom stereocenters. The number of carbonyl (C=O) groups is 2. The molecule has 2 heterocycles. The monoisotopic (exact) mass is 470 g/mol. The maximum absolute atomic E-state index is 11.0. The highest BCUT2D eigenvalue weighted by Gasteiger charge is 2.35. The Morgan fingerprint density at radius 2 is 1.21 bits per heavy atom. The van der Waals surface area contributed by atoms with E-state index in [2.05, 4.69) is 13.2 Å². The third kappa shape index (κ3) is 8.43. The first kappa shape index (κ1) is 26.2. The van der Waals surface area contributed by atoms with E-state index in [4.69, 9.17) is 28.1 Å². The summed E-state index contributed by atoms with van der Waals surface area (Å²) in [6.07, 6.45) is 7.44. The van der Waals surface area contributed by atoms with Gasteiger partial charge in [0.25, 0.3) is 0 Å². The lowest BCUT2D eigenvalue weighted by Crippen LogP contribution is -2.37. The van der Waals surface area contributed by atoms with Crippen molar-refractivity contribution in [2.45, 2.75) is 50.7 Å². The number of hydrogen-bond donors (Lipinski definition) is 0. The Morgan fingerprint density at radius 1 is 0.794 bits per heavy atom. The zero-order valence-corrected chi connectivity index (χ0v) is 19.5. The van der Waals surface area contributed by atoms with Crippen LogP contribution in [-0.4, -0.2) is 64.8 Å². The highest BCUT2D eigenvalue weighted by atomic mass is 16.6. The Balaban J connectivity index is 1.33. The molecule has 0 amide bonds. The first-order valence-corrected chi connectivity index (χ1v) is 11.8. The van der Waals surface area contributed by atoms with Crippen molar-refractivity contribution in [2.75, 3.05) is 26.4 Å². The third-order valence-electron chi connectivity index (χ3n) is 5.64. The second-order valence-corrected chi connectivity index (χ2v) is 8.25. The van der Waals surface area contributed by atoms with Crippen LogP contribution < -0.4 is 10.9 Å². The third-order valence-corrected chi connectivity index (χ3v) is 5.64. The maximum Gasteiger partial charge on any atom is 0.494 e. The van der Waals surface area contributed by atoms with Crippen molar-refractivity contribution >= 4 is 37.1 Å². The lowest BCUT2D eigenvalue weighted by atomic mass is 9.74. The zero-order chi connectivity index (χ0) is 24.2. The molecule has 8 nitrogen and oxygen atoms in total. The molecule has 0 aromatic heterocycles. The van der Waals surface area contributed by atoms with Crippen LogP contribution in [0.5, 0.6) is 0 Å². The van der Waals surface area contributed by atoms with Crippen molar-refractivity contribution in [3.05, 3.63) is 49.6 Å². The molecule has 0 aliphatic carbocycles. The molecule has 0 spiro atoms. The normalized spacial score (nSPS) is 19.8. The van der Waals surface area contributed by atoms with E-state index >= 15 is 0 Å². The van der Waals surface area contributed by atoms with Gasteiger partial charge in [0, 0.05) is 12.2 Å². The van der Waals surface area contributed by atoms with E-state index in [-0.39, 0.29) is 26.4 Å². The number of hydrogen-bond acceptors (Lipinski definition) is 8. The number of rotatable bonds is 14. The van der Waals surface area contributed by atoms with E-state index in [1.54, 1.807) is 0 Å². The van der Waals surface area contributed by atoms with Crippen molar-refractivity contribution in [2.24, 2.45) is 0 Å². The Labute approximate surface area is 201 Å². The van der Waals surface area contributed by atoms with Crippen LogP contribution in [0.25, 0.3) is 0 Å². The summed E-state index contributed by atoms with van der Waals surface area (Å²) in [6, 6.07) is 7.91. The molecule has 0 saturated carbocycles. The molecule has 2 aliphatic heterocycles. The predicted molar refractivity (Wildman–Crippen MR) is 129 cm³/mol. The van der Waals surface area contributed by atoms with E-state index in [9.17, 15) is 9.59 Å². The molecule has 1 aromatic rings. The number of benzene rings is 1. The van der Waals surface area contributed by atoms with Crippen LogP contribution in [0.1, 0.15) is 38.5 Å². The van der Waals surface area contributed by atoms with Gasteiger partial charge in [-0.05, 0) is 49.5 Å². The van der Waals surface area contributed by atoms with Crippen LogP contribution in [0.4, 0.5) is 0 Å². The molecule has 2 unspecified atom stereocenters. The fourth-order valence-corrected chi connectivity index (χ4v) is 3.77. The summed E-state index contributed by atoms with van der Waals surface area (Å²) in [5.41, 5.74) is 1.91. The molecule has 2 fully saturated rings. The average Bonchev–Trinajstić information content (AvgIpc) is 3.53. The molecule has 0 bridgehead atoms. The van der Waals surface area contributed by atoms with Gasteiger partial charge in [-0.2, -0.15) is 0 Å². The molecule has 2 aliphatic rings. The maximum atomic E-state index is 11.0. The van der Waals surface area contributed by atoms with Gasteiger partial charge >= 0.3 is 26.2 Å². The van der Waals surface area contributed by atoms with Gasteiger partial charge in [-0.25, -0.2) is 9.59 Å². The van der Waals surface area contributed by atoms with Crippen LogP contribution in [0.3, 0.4) is 0 Å². The van der Waals surface area contributed by atoms with Crippen molar-refractivity contribution in [1.29, 1.82) is 0 Å². The van der Waals surface area contributed by atoms with Gasteiger partial charge < -0.3 is 28.1 Å². The smallest absolute Gasteiger partial charge is 0.463 e. The van der Waals surface area contributed by atoms with Crippen LogP contribution in [-0.2, 0) is 37.7 Å². The van der Waals surface area contributed by atoms with E-state index in [0.29, 0.717) is 26.4 Å². The largest absolute Gasteiger partial charge is 0.494 e. The van der Waals surface area contributed by atoms with Gasteiger partial charge in [0.15, 0.2) is 0 Å². The van der Waals surface area contributed by atoms with Crippen molar-refractivity contribution in [3.8, 4) is 0 Å².